The molecular weight excluding hydrogens is 429 g/mol. The molecule has 0 bridgehead atoms. The van der Waals surface area contributed by atoms with Gasteiger partial charge in [-0.1, -0.05) is 28.1 Å². The lowest BCUT2D eigenvalue weighted by atomic mass is 9.96. The second-order valence-corrected chi connectivity index (χ2v) is 6.27. The zero-order valence-electron chi connectivity index (χ0n) is 12.3. The molecular formula is C15H23BrIN3. The van der Waals surface area contributed by atoms with E-state index in [2.05, 4.69) is 52.4 Å². The number of halogens is 2. The molecule has 0 radical (unpaired) electrons. The van der Waals surface area contributed by atoms with Crippen LogP contribution in [0.3, 0.4) is 0 Å². The zero-order valence-corrected chi connectivity index (χ0v) is 16.2. The third-order valence-corrected chi connectivity index (χ3v) is 4.07. The van der Waals surface area contributed by atoms with Crippen LogP contribution in [-0.4, -0.2) is 38.0 Å². The monoisotopic (exact) mass is 451 g/mol. The number of rotatable bonds is 4. The fourth-order valence-corrected chi connectivity index (χ4v) is 2.65. The van der Waals surface area contributed by atoms with Crippen molar-refractivity contribution in [2.45, 2.75) is 25.2 Å². The van der Waals surface area contributed by atoms with Crippen LogP contribution in [0.4, 0.5) is 0 Å². The van der Waals surface area contributed by atoms with Crippen molar-refractivity contribution in [3.05, 3.63) is 34.3 Å². The van der Waals surface area contributed by atoms with Crippen molar-refractivity contribution in [1.82, 2.24) is 10.2 Å². The van der Waals surface area contributed by atoms with E-state index in [0.717, 1.165) is 23.5 Å². The summed E-state index contributed by atoms with van der Waals surface area (Å²) >= 11 is 3.55. The number of guanidine groups is 1. The van der Waals surface area contributed by atoms with Gasteiger partial charge in [0, 0.05) is 30.5 Å². The van der Waals surface area contributed by atoms with Gasteiger partial charge in [0.1, 0.15) is 0 Å². The first kappa shape index (κ1) is 17.8. The van der Waals surface area contributed by atoms with E-state index in [1.54, 1.807) is 0 Å². The molecule has 1 aliphatic rings. The highest BCUT2D eigenvalue weighted by atomic mass is 127. The van der Waals surface area contributed by atoms with Crippen molar-refractivity contribution in [1.29, 1.82) is 0 Å². The van der Waals surface area contributed by atoms with Crippen LogP contribution in [0.5, 0.6) is 0 Å². The van der Waals surface area contributed by atoms with Crippen LogP contribution in [0, 0.1) is 0 Å². The molecule has 3 nitrogen and oxygen atoms in total. The molecule has 1 fully saturated rings. The lowest BCUT2D eigenvalue weighted by Gasteiger charge is -2.19. The standard InChI is InChI=1S/C15H22BrN3.HI/c1-4-17-14(19(2)3)18-11-15(8-9-15)12-6-5-7-13(16)10-12;/h5-7,10H,4,8-9,11H2,1-3H3,(H,17,18);1H. The molecule has 2 rings (SSSR count). The van der Waals surface area contributed by atoms with E-state index in [4.69, 9.17) is 4.99 Å². The molecule has 0 heterocycles. The number of nitrogens with zero attached hydrogens (tertiary/aromatic N) is 2. The van der Waals surface area contributed by atoms with Crippen molar-refractivity contribution < 1.29 is 0 Å². The highest BCUT2D eigenvalue weighted by Gasteiger charge is 2.44. The van der Waals surface area contributed by atoms with Gasteiger partial charge in [-0.15, -0.1) is 24.0 Å². The molecule has 1 saturated carbocycles. The minimum absolute atomic E-state index is 0. The molecule has 0 amide bonds. The van der Waals surface area contributed by atoms with Crippen LogP contribution >= 0.6 is 39.9 Å². The molecule has 0 aliphatic heterocycles. The van der Waals surface area contributed by atoms with Crippen molar-refractivity contribution in [3.63, 3.8) is 0 Å². The SMILES string of the molecule is CCNC(=NCC1(c2cccc(Br)c2)CC1)N(C)C.I. The summed E-state index contributed by atoms with van der Waals surface area (Å²) in [4.78, 5) is 6.81. The third-order valence-electron chi connectivity index (χ3n) is 3.58. The summed E-state index contributed by atoms with van der Waals surface area (Å²) in [7, 11) is 4.06. The highest BCUT2D eigenvalue weighted by molar-refractivity contribution is 14.0. The second kappa shape index (κ2) is 7.64. The van der Waals surface area contributed by atoms with Gasteiger partial charge in [-0.3, -0.25) is 4.99 Å². The molecule has 1 N–H and O–H groups in total. The molecule has 1 aromatic carbocycles. The first-order valence-electron chi connectivity index (χ1n) is 6.79. The predicted octanol–water partition coefficient (Wildman–Crippen LogP) is 3.63. The highest BCUT2D eigenvalue weighted by Crippen LogP contribution is 2.48. The topological polar surface area (TPSA) is 27.6 Å². The summed E-state index contributed by atoms with van der Waals surface area (Å²) in [6.45, 7) is 3.87. The maximum atomic E-state index is 4.77. The molecule has 1 aliphatic carbocycles. The molecule has 0 unspecified atom stereocenters. The van der Waals surface area contributed by atoms with Gasteiger partial charge in [0.15, 0.2) is 5.96 Å². The predicted molar refractivity (Wildman–Crippen MR) is 100 cm³/mol. The smallest absolute Gasteiger partial charge is 0.193 e. The van der Waals surface area contributed by atoms with E-state index in [1.807, 2.05) is 19.0 Å². The number of nitrogens with one attached hydrogen (secondary N) is 1. The fraction of sp³-hybridized carbons (Fsp3) is 0.533. The van der Waals surface area contributed by atoms with E-state index < -0.39 is 0 Å². The zero-order chi connectivity index (χ0) is 13.9. The molecule has 0 aromatic heterocycles. The Morgan fingerprint density at radius 3 is 2.60 bits per heavy atom. The Morgan fingerprint density at radius 2 is 2.10 bits per heavy atom. The van der Waals surface area contributed by atoms with Crippen LogP contribution in [0.2, 0.25) is 0 Å². The molecule has 0 atom stereocenters. The molecule has 20 heavy (non-hydrogen) atoms. The lowest BCUT2D eigenvalue weighted by molar-refractivity contribution is 0.575. The molecule has 5 heteroatoms. The Bertz CT molecular complexity index is 470. The Morgan fingerprint density at radius 1 is 1.40 bits per heavy atom. The molecule has 1 aromatic rings. The fourth-order valence-electron chi connectivity index (χ4n) is 2.25. The summed E-state index contributed by atoms with van der Waals surface area (Å²) < 4.78 is 1.15. The largest absolute Gasteiger partial charge is 0.357 e. The van der Waals surface area contributed by atoms with Gasteiger partial charge < -0.3 is 10.2 Å². The van der Waals surface area contributed by atoms with Crippen LogP contribution in [0.25, 0.3) is 0 Å². The van der Waals surface area contributed by atoms with Crippen molar-refractivity contribution in [2.75, 3.05) is 27.2 Å². The number of hydrogen-bond acceptors (Lipinski definition) is 1. The first-order chi connectivity index (χ1) is 9.07. The normalized spacial score (nSPS) is 16.3. The molecule has 0 saturated heterocycles. The van der Waals surface area contributed by atoms with Crippen molar-refractivity contribution >= 4 is 45.9 Å². The van der Waals surface area contributed by atoms with Gasteiger partial charge in [-0.05, 0) is 37.5 Å². The van der Waals surface area contributed by atoms with Gasteiger partial charge in [0.25, 0.3) is 0 Å². The number of benzene rings is 1. The van der Waals surface area contributed by atoms with E-state index >= 15 is 0 Å². The summed E-state index contributed by atoms with van der Waals surface area (Å²) in [5.74, 6) is 0.976. The Hall–Kier alpha value is -0.300. The Labute approximate surface area is 147 Å². The lowest BCUT2D eigenvalue weighted by Crippen LogP contribution is -2.37. The van der Waals surface area contributed by atoms with Gasteiger partial charge in [0.05, 0.1) is 6.54 Å². The first-order valence-corrected chi connectivity index (χ1v) is 7.58. The summed E-state index contributed by atoms with van der Waals surface area (Å²) in [6, 6.07) is 8.63. The second-order valence-electron chi connectivity index (χ2n) is 5.36. The Kier molecular flexibility index (Phi) is 6.78. The van der Waals surface area contributed by atoms with Gasteiger partial charge in [0.2, 0.25) is 0 Å². The summed E-state index contributed by atoms with van der Waals surface area (Å²) in [5, 5.41) is 3.31. The summed E-state index contributed by atoms with van der Waals surface area (Å²) in [5.41, 5.74) is 1.67. The van der Waals surface area contributed by atoms with E-state index in [9.17, 15) is 0 Å². The van der Waals surface area contributed by atoms with Crippen LogP contribution < -0.4 is 5.32 Å². The molecule has 0 spiro atoms. The quantitative estimate of drug-likeness (QED) is 0.430. The maximum absolute atomic E-state index is 4.77. The number of aliphatic imine (C=N–C) groups is 1. The Balaban J connectivity index is 0.00000200. The maximum Gasteiger partial charge on any atom is 0.193 e. The minimum Gasteiger partial charge on any atom is -0.357 e. The number of hydrogen-bond donors (Lipinski definition) is 1. The average molecular weight is 452 g/mol. The van der Waals surface area contributed by atoms with Gasteiger partial charge in [-0.25, -0.2) is 0 Å². The van der Waals surface area contributed by atoms with E-state index in [0.29, 0.717) is 0 Å². The van der Waals surface area contributed by atoms with Crippen LogP contribution in [0.15, 0.2) is 33.7 Å². The van der Waals surface area contributed by atoms with E-state index in [1.165, 1.54) is 18.4 Å². The average Bonchev–Trinajstić information content (AvgIpc) is 3.15. The van der Waals surface area contributed by atoms with E-state index in [-0.39, 0.29) is 29.4 Å². The minimum atomic E-state index is 0. The van der Waals surface area contributed by atoms with Crippen molar-refractivity contribution in [3.8, 4) is 0 Å². The molecule has 112 valence electrons. The van der Waals surface area contributed by atoms with Gasteiger partial charge in [-0.2, -0.15) is 0 Å². The van der Waals surface area contributed by atoms with Crippen LogP contribution in [-0.2, 0) is 5.41 Å². The van der Waals surface area contributed by atoms with Crippen LogP contribution in [0.1, 0.15) is 25.3 Å². The third kappa shape index (κ3) is 4.35. The van der Waals surface area contributed by atoms with Gasteiger partial charge >= 0.3 is 0 Å². The summed E-state index contributed by atoms with van der Waals surface area (Å²) in [6.07, 6.45) is 2.47. The van der Waals surface area contributed by atoms with Crippen molar-refractivity contribution in [2.24, 2.45) is 4.99 Å².